The van der Waals surface area contributed by atoms with Gasteiger partial charge in [0.25, 0.3) is 0 Å². The van der Waals surface area contributed by atoms with Crippen LogP contribution in [0.4, 0.5) is 0 Å². The van der Waals surface area contributed by atoms with Gasteiger partial charge in [-0.2, -0.15) is 0 Å². The largest absolute Gasteiger partial charge is 0.480 e. The fourth-order valence-electron chi connectivity index (χ4n) is 2.59. The SMILES string of the molecule is CCC(CC)(C(=O)O)C(=O)NCC1CCCN1C. The average Bonchev–Trinajstić information content (AvgIpc) is 2.74. The summed E-state index contributed by atoms with van der Waals surface area (Å²) in [4.78, 5) is 25.6. The second-order valence-electron chi connectivity index (χ2n) is 5.08. The zero-order valence-electron chi connectivity index (χ0n) is 11.5. The van der Waals surface area contributed by atoms with E-state index in [1.165, 1.54) is 0 Å². The van der Waals surface area contributed by atoms with Crippen LogP contribution in [0.25, 0.3) is 0 Å². The molecule has 5 nitrogen and oxygen atoms in total. The fourth-order valence-corrected chi connectivity index (χ4v) is 2.59. The predicted molar refractivity (Wildman–Crippen MR) is 69.3 cm³/mol. The molecule has 18 heavy (non-hydrogen) atoms. The molecule has 5 heteroatoms. The molecule has 1 heterocycles. The highest BCUT2D eigenvalue weighted by Crippen LogP contribution is 2.27. The van der Waals surface area contributed by atoms with E-state index < -0.39 is 11.4 Å². The van der Waals surface area contributed by atoms with Crippen LogP contribution < -0.4 is 5.32 Å². The summed E-state index contributed by atoms with van der Waals surface area (Å²) in [6.45, 7) is 5.09. The first kappa shape index (κ1) is 15.0. The normalized spacial score (nSPS) is 20.9. The van der Waals surface area contributed by atoms with Gasteiger partial charge in [0.2, 0.25) is 5.91 Å². The van der Waals surface area contributed by atoms with Gasteiger partial charge < -0.3 is 15.3 Å². The third-order valence-corrected chi connectivity index (χ3v) is 4.22. The van der Waals surface area contributed by atoms with Crippen molar-refractivity contribution in [3.8, 4) is 0 Å². The molecule has 1 fully saturated rings. The molecule has 104 valence electrons. The van der Waals surface area contributed by atoms with E-state index in [1.54, 1.807) is 13.8 Å². The molecule has 0 aromatic heterocycles. The molecule has 1 rings (SSSR count). The number of nitrogens with one attached hydrogen (secondary N) is 1. The maximum atomic E-state index is 12.1. The fraction of sp³-hybridized carbons (Fsp3) is 0.846. The van der Waals surface area contributed by atoms with Crippen molar-refractivity contribution in [1.29, 1.82) is 0 Å². The highest BCUT2D eigenvalue weighted by atomic mass is 16.4. The zero-order valence-corrected chi connectivity index (χ0v) is 11.5. The molecule has 1 atom stereocenters. The number of hydrogen-bond acceptors (Lipinski definition) is 3. The van der Waals surface area contributed by atoms with E-state index in [4.69, 9.17) is 0 Å². The lowest BCUT2D eigenvalue weighted by atomic mass is 9.81. The number of likely N-dealkylation sites (N-methyl/N-ethyl adjacent to an activating group) is 1. The molecular weight excluding hydrogens is 232 g/mol. The number of likely N-dealkylation sites (tertiary alicyclic amines) is 1. The van der Waals surface area contributed by atoms with Gasteiger partial charge in [0.05, 0.1) is 0 Å². The van der Waals surface area contributed by atoms with Crippen molar-refractivity contribution >= 4 is 11.9 Å². The number of aliphatic carboxylic acids is 1. The average molecular weight is 256 g/mol. The van der Waals surface area contributed by atoms with Gasteiger partial charge in [-0.05, 0) is 39.3 Å². The Hall–Kier alpha value is -1.10. The van der Waals surface area contributed by atoms with Gasteiger partial charge in [-0.25, -0.2) is 0 Å². The molecule has 0 aliphatic carbocycles. The highest BCUT2D eigenvalue weighted by molar-refractivity contribution is 6.01. The molecule has 0 saturated carbocycles. The minimum atomic E-state index is -1.27. The first-order valence-electron chi connectivity index (χ1n) is 6.69. The predicted octanol–water partition coefficient (Wildman–Crippen LogP) is 1.09. The number of nitrogens with zero attached hydrogens (tertiary/aromatic N) is 1. The zero-order chi connectivity index (χ0) is 13.8. The maximum absolute atomic E-state index is 12.1. The molecule has 0 aromatic rings. The first-order valence-corrected chi connectivity index (χ1v) is 6.69. The second kappa shape index (κ2) is 6.18. The Balaban J connectivity index is 2.60. The van der Waals surface area contributed by atoms with E-state index in [1.807, 2.05) is 7.05 Å². The van der Waals surface area contributed by atoms with Crippen molar-refractivity contribution in [2.45, 2.75) is 45.6 Å². The third-order valence-electron chi connectivity index (χ3n) is 4.22. The second-order valence-corrected chi connectivity index (χ2v) is 5.08. The van der Waals surface area contributed by atoms with Crippen LogP contribution in [0.2, 0.25) is 0 Å². The monoisotopic (exact) mass is 256 g/mol. The Morgan fingerprint density at radius 1 is 1.39 bits per heavy atom. The summed E-state index contributed by atoms with van der Waals surface area (Å²) in [6.07, 6.45) is 2.86. The van der Waals surface area contributed by atoms with Crippen molar-refractivity contribution < 1.29 is 14.7 Å². The van der Waals surface area contributed by atoms with Crippen molar-refractivity contribution in [3.63, 3.8) is 0 Å². The number of rotatable bonds is 6. The van der Waals surface area contributed by atoms with E-state index in [0.29, 0.717) is 25.4 Å². The topological polar surface area (TPSA) is 69.6 Å². The Labute approximate surface area is 109 Å². The number of carboxylic acids is 1. The van der Waals surface area contributed by atoms with Crippen molar-refractivity contribution in [1.82, 2.24) is 10.2 Å². The lowest BCUT2D eigenvalue weighted by Crippen LogP contribution is -2.49. The minimum Gasteiger partial charge on any atom is -0.480 e. The third kappa shape index (κ3) is 2.83. The highest BCUT2D eigenvalue weighted by Gasteiger charge is 2.42. The minimum absolute atomic E-state index is 0.325. The Morgan fingerprint density at radius 2 is 2.00 bits per heavy atom. The van der Waals surface area contributed by atoms with E-state index in [9.17, 15) is 14.7 Å². The lowest BCUT2D eigenvalue weighted by molar-refractivity contribution is -0.156. The van der Waals surface area contributed by atoms with Gasteiger partial charge in [0.15, 0.2) is 0 Å². The van der Waals surface area contributed by atoms with Gasteiger partial charge in [-0.3, -0.25) is 9.59 Å². The lowest BCUT2D eigenvalue weighted by Gasteiger charge is -2.27. The van der Waals surface area contributed by atoms with Crippen LogP contribution in [0.15, 0.2) is 0 Å². The van der Waals surface area contributed by atoms with Crippen LogP contribution in [0.1, 0.15) is 39.5 Å². The number of carbonyl (C=O) groups excluding carboxylic acids is 1. The number of carboxylic acid groups (broad SMARTS) is 1. The number of amides is 1. The van der Waals surface area contributed by atoms with Crippen LogP contribution >= 0.6 is 0 Å². The summed E-state index contributed by atoms with van der Waals surface area (Å²) in [5, 5.41) is 12.1. The van der Waals surface area contributed by atoms with Gasteiger partial charge in [0.1, 0.15) is 5.41 Å². The van der Waals surface area contributed by atoms with Crippen LogP contribution in [0, 0.1) is 5.41 Å². The molecule has 1 aliphatic rings. The molecule has 1 amide bonds. The molecule has 2 N–H and O–H groups in total. The standard InChI is InChI=1S/C13H24N2O3/c1-4-13(5-2,12(17)18)11(16)14-9-10-7-6-8-15(10)3/h10H,4-9H2,1-3H3,(H,14,16)(H,17,18). The summed E-state index contributed by atoms with van der Waals surface area (Å²) in [5.41, 5.74) is -1.27. The van der Waals surface area contributed by atoms with Crippen molar-refractivity contribution in [3.05, 3.63) is 0 Å². The Bertz CT molecular complexity index is 313. The molecule has 1 aliphatic heterocycles. The molecule has 1 saturated heterocycles. The van der Waals surface area contributed by atoms with E-state index >= 15 is 0 Å². The van der Waals surface area contributed by atoms with Crippen molar-refractivity contribution in [2.75, 3.05) is 20.1 Å². The van der Waals surface area contributed by atoms with Crippen LogP contribution in [0.5, 0.6) is 0 Å². The first-order chi connectivity index (χ1) is 8.47. The van der Waals surface area contributed by atoms with E-state index in [0.717, 1.165) is 19.4 Å². The van der Waals surface area contributed by atoms with Gasteiger partial charge in [-0.1, -0.05) is 13.8 Å². The van der Waals surface area contributed by atoms with E-state index in [2.05, 4.69) is 10.2 Å². The van der Waals surface area contributed by atoms with Crippen LogP contribution in [-0.2, 0) is 9.59 Å². The van der Waals surface area contributed by atoms with Crippen molar-refractivity contribution in [2.24, 2.45) is 5.41 Å². The quantitative estimate of drug-likeness (QED) is 0.698. The molecule has 0 spiro atoms. The smallest absolute Gasteiger partial charge is 0.319 e. The summed E-state index contributed by atoms with van der Waals surface area (Å²) in [7, 11) is 2.04. The Morgan fingerprint density at radius 3 is 2.39 bits per heavy atom. The number of carbonyl (C=O) groups is 2. The van der Waals surface area contributed by atoms with Gasteiger partial charge in [0, 0.05) is 12.6 Å². The number of hydrogen-bond donors (Lipinski definition) is 2. The van der Waals surface area contributed by atoms with E-state index in [-0.39, 0.29) is 5.91 Å². The van der Waals surface area contributed by atoms with Gasteiger partial charge in [-0.15, -0.1) is 0 Å². The summed E-state index contributed by atoms with van der Waals surface area (Å²) in [5.74, 6) is -1.37. The Kier molecular flexibility index (Phi) is 5.14. The summed E-state index contributed by atoms with van der Waals surface area (Å²) >= 11 is 0. The molecule has 0 radical (unpaired) electrons. The molecule has 1 unspecified atom stereocenters. The van der Waals surface area contributed by atoms with Crippen LogP contribution in [-0.4, -0.2) is 48.1 Å². The summed E-state index contributed by atoms with van der Waals surface area (Å²) < 4.78 is 0. The van der Waals surface area contributed by atoms with Crippen LogP contribution in [0.3, 0.4) is 0 Å². The summed E-state index contributed by atoms with van der Waals surface area (Å²) in [6, 6.07) is 0.342. The molecule has 0 bridgehead atoms. The van der Waals surface area contributed by atoms with Gasteiger partial charge >= 0.3 is 5.97 Å². The maximum Gasteiger partial charge on any atom is 0.319 e. The molecule has 0 aromatic carbocycles. The molecular formula is C13H24N2O3.